The SMILES string of the molecule is Cc1ccc(S(=O)(=O)NC2(C(=O)O)CCC2)c(C)c1. The van der Waals surface area contributed by atoms with Crippen molar-refractivity contribution in [3.8, 4) is 0 Å². The predicted octanol–water partition coefficient (Wildman–Crippen LogP) is 1.59. The second-order valence-electron chi connectivity index (χ2n) is 5.12. The Labute approximate surface area is 112 Å². The van der Waals surface area contributed by atoms with Crippen LogP contribution in [0.15, 0.2) is 23.1 Å². The highest BCUT2D eigenvalue weighted by molar-refractivity contribution is 7.89. The number of nitrogens with one attached hydrogen (secondary N) is 1. The standard InChI is InChI=1S/C13H17NO4S/c1-9-4-5-11(10(2)8-9)19(17,18)14-13(12(15)16)6-3-7-13/h4-5,8,14H,3,6-7H2,1-2H3,(H,15,16). The molecule has 1 aliphatic rings. The van der Waals surface area contributed by atoms with Crippen LogP contribution in [-0.4, -0.2) is 25.0 Å². The van der Waals surface area contributed by atoms with Gasteiger partial charge < -0.3 is 5.11 Å². The van der Waals surface area contributed by atoms with Gasteiger partial charge in [0.25, 0.3) is 0 Å². The molecule has 0 amide bonds. The molecule has 1 fully saturated rings. The van der Waals surface area contributed by atoms with Gasteiger partial charge in [-0.3, -0.25) is 4.79 Å². The Balaban J connectivity index is 2.35. The third kappa shape index (κ3) is 2.50. The maximum atomic E-state index is 12.3. The van der Waals surface area contributed by atoms with Gasteiger partial charge in [-0.1, -0.05) is 17.7 Å². The number of sulfonamides is 1. The number of aliphatic carboxylic acids is 1. The molecule has 0 heterocycles. The quantitative estimate of drug-likeness (QED) is 0.879. The first kappa shape index (κ1) is 14.0. The van der Waals surface area contributed by atoms with Crippen LogP contribution in [0.1, 0.15) is 30.4 Å². The number of hydrogen-bond donors (Lipinski definition) is 2. The van der Waals surface area contributed by atoms with Gasteiger partial charge in [-0.15, -0.1) is 0 Å². The van der Waals surface area contributed by atoms with E-state index in [0.717, 1.165) is 12.0 Å². The number of rotatable bonds is 4. The molecule has 0 bridgehead atoms. The average Bonchev–Trinajstić information content (AvgIpc) is 2.22. The van der Waals surface area contributed by atoms with E-state index in [4.69, 9.17) is 0 Å². The summed E-state index contributed by atoms with van der Waals surface area (Å²) in [6.07, 6.45) is 1.40. The van der Waals surface area contributed by atoms with Crippen LogP contribution >= 0.6 is 0 Å². The molecule has 104 valence electrons. The van der Waals surface area contributed by atoms with E-state index in [1.807, 2.05) is 6.92 Å². The third-order valence-corrected chi connectivity index (χ3v) is 5.26. The number of carboxylic acids is 1. The number of carbonyl (C=O) groups is 1. The first-order chi connectivity index (χ1) is 8.77. The van der Waals surface area contributed by atoms with Crippen molar-refractivity contribution in [2.75, 3.05) is 0 Å². The van der Waals surface area contributed by atoms with Crippen LogP contribution in [0.25, 0.3) is 0 Å². The number of carboxylic acid groups (broad SMARTS) is 1. The molecular weight excluding hydrogens is 266 g/mol. The van der Waals surface area contributed by atoms with Gasteiger partial charge in [-0.25, -0.2) is 8.42 Å². The van der Waals surface area contributed by atoms with Gasteiger partial charge in [0.05, 0.1) is 4.90 Å². The fourth-order valence-electron chi connectivity index (χ4n) is 2.30. The fraction of sp³-hybridized carbons (Fsp3) is 0.462. The summed E-state index contributed by atoms with van der Waals surface area (Å²) in [5.41, 5.74) is 0.260. The van der Waals surface area contributed by atoms with E-state index in [1.54, 1.807) is 19.1 Å². The smallest absolute Gasteiger partial charge is 0.324 e. The molecule has 0 aromatic heterocycles. The van der Waals surface area contributed by atoms with Crippen molar-refractivity contribution >= 4 is 16.0 Å². The molecule has 0 aliphatic heterocycles. The van der Waals surface area contributed by atoms with Crippen LogP contribution in [0.5, 0.6) is 0 Å². The number of hydrogen-bond acceptors (Lipinski definition) is 3. The van der Waals surface area contributed by atoms with E-state index >= 15 is 0 Å². The Morgan fingerprint density at radius 3 is 2.37 bits per heavy atom. The summed E-state index contributed by atoms with van der Waals surface area (Å²) in [5, 5.41) is 9.18. The van der Waals surface area contributed by atoms with Gasteiger partial charge in [0.1, 0.15) is 5.54 Å². The van der Waals surface area contributed by atoms with E-state index in [1.165, 1.54) is 6.07 Å². The zero-order chi connectivity index (χ0) is 14.3. The Hall–Kier alpha value is -1.40. The largest absolute Gasteiger partial charge is 0.480 e. The summed E-state index contributed by atoms with van der Waals surface area (Å²) in [6.45, 7) is 3.58. The van der Waals surface area contributed by atoms with Crippen molar-refractivity contribution in [2.24, 2.45) is 0 Å². The molecule has 0 unspecified atom stereocenters. The predicted molar refractivity (Wildman–Crippen MR) is 70.5 cm³/mol. The van der Waals surface area contributed by atoms with Crippen LogP contribution in [-0.2, 0) is 14.8 Å². The summed E-state index contributed by atoms with van der Waals surface area (Å²) in [4.78, 5) is 11.4. The van der Waals surface area contributed by atoms with E-state index in [0.29, 0.717) is 18.4 Å². The lowest BCUT2D eigenvalue weighted by Gasteiger charge is -2.37. The summed E-state index contributed by atoms with van der Waals surface area (Å²) >= 11 is 0. The Bertz CT molecular complexity index is 618. The molecule has 5 nitrogen and oxygen atoms in total. The summed E-state index contributed by atoms with van der Waals surface area (Å²) in [7, 11) is -3.80. The molecule has 1 aromatic rings. The zero-order valence-corrected chi connectivity index (χ0v) is 11.8. The van der Waals surface area contributed by atoms with Gasteiger partial charge in [0, 0.05) is 0 Å². The van der Waals surface area contributed by atoms with E-state index in [9.17, 15) is 18.3 Å². The molecular formula is C13H17NO4S. The summed E-state index contributed by atoms with van der Waals surface area (Å²) in [5.74, 6) is -1.10. The van der Waals surface area contributed by atoms with E-state index < -0.39 is 21.5 Å². The van der Waals surface area contributed by atoms with Crippen molar-refractivity contribution in [3.05, 3.63) is 29.3 Å². The lowest BCUT2D eigenvalue weighted by atomic mass is 9.78. The zero-order valence-electron chi connectivity index (χ0n) is 10.9. The molecule has 1 saturated carbocycles. The van der Waals surface area contributed by atoms with Gasteiger partial charge in [0.2, 0.25) is 10.0 Å². The topological polar surface area (TPSA) is 83.5 Å². The molecule has 2 N–H and O–H groups in total. The summed E-state index contributed by atoms with van der Waals surface area (Å²) in [6, 6.07) is 4.99. The van der Waals surface area contributed by atoms with Crippen LogP contribution in [0, 0.1) is 13.8 Å². The monoisotopic (exact) mass is 283 g/mol. The molecule has 2 rings (SSSR count). The fourth-order valence-corrected chi connectivity index (χ4v) is 3.95. The average molecular weight is 283 g/mol. The first-order valence-corrected chi connectivity index (χ1v) is 7.60. The molecule has 1 aromatic carbocycles. The third-order valence-electron chi connectivity index (χ3n) is 3.57. The first-order valence-electron chi connectivity index (χ1n) is 6.11. The molecule has 0 saturated heterocycles. The van der Waals surface area contributed by atoms with Crippen LogP contribution in [0.4, 0.5) is 0 Å². The second-order valence-corrected chi connectivity index (χ2v) is 6.77. The highest BCUT2D eigenvalue weighted by atomic mass is 32.2. The molecule has 6 heteroatoms. The normalized spacial score (nSPS) is 17.8. The van der Waals surface area contributed by atoms with E-state index in [2.05, 4.69) is 4.72 Å². The van der Waals surface area contributed by atoms with E-state index in [-0.39, 0.29) is 4.90 Å². The molecule has 1 aliphatic carbocycles. The van der Waals surface area contributed by atoms with Crippen molar-refractivity contribution in [2.45, 2.75) is 43.5 Å². The van der Waals surface area contributed by atoms with Crippen LogP contribution in [0.2, 0.25) is 0 Å². The number of benzene rings is 1. The van der Waals surface area contributed by atoms with Gasteiger partial charge >= 0.3 is 5.97 Å². The van der Waals surface area contributed by atoms with Crippen LogP contribution < -0.4 is 4.72 Å². The highest BCUT2D eigenvalue weighted by Crippen LogP contribution is 2.34. The molecule has 0 atom stereocenters. The highest BCUT2D eigenvalue weighted by Gasteiger charge is 2.47. The maximum Gasteiger partial charge on any atom is 0.324 e. The molecule has 0 spiro atoms. The van der Waals surface area contributed by atoms with Gasteiger partial charge in [-0.05, 0) is 44.7 Å². The minimum atomic E-state index is -3.80. The lowest BCUT2D eigenvalue weighted by Crippen LogP contribution is -2.58. The number of aryl methyl sites for hydroxylation is 2. The van der Waals surface area contributed by atoms with Gasteiger partial charge in [0.15, 0.2) is 0 Å². The van der Waals surface area contributed by atoms with Gasteiger partial charge in [-0.2, -0.15) is 4.72 Å². The Morgan fingerprint density at radius 2 is 1.95 bits per heavy atom. The van der Waals surface area contributed by atoms with Crippen molar-refractivity contribution in [3.63, 3.8) is 0 Å². The van der Waals surface area contributed by atoms with Crippen molar-refractivity contribution in [1.29, 1.82) is 0 Å². The minimum Gasteiger partial charge on any atom is -0.480 e. The molecule has 19 heavy (non-hydrogen) atoms. The summed E-state index contributed by atoms with van der Waals surface area (Å²) < 4.78 is 27.0. The Morgan fingerprint density at radius 1 is 1.32 bits per heavy atom. The lowest BCUT2D eigenvalue weighted by molar-refractivity contribution is -0.147. The van der Waals surface area contributed by atoms with Crippen molar-refractivity contribution in [1.82, 2.24) is 4.72 Å². The van der Waals surface area contributed by atoms with Crippen LogP contribution in [0.3, 0.4) is 0 Å². The minimum absolute atomic E-state index is 0.144. The maximum absolute atomic E-state index is 12.3. The van der Waals surface area contributed by atoms with Crippen molar-refractivity contribution < 1.29 is 18.3 Å². The molecule has 0 radical (unpaired) electrons. The Kier molecular flexibility index (Phi) is 3.40. The second kappa shape index (κ2) is 4.61.